The molecular weight excluding hydrogens is 210 g/mol. The normalized spacial score (nSPS) is 24.1. The van der Waals surface area contributed by atoms with Gasteiger partial charge in [0.1, 0.15) is 0 Å². The van der Waals surface area contributed by atoms with Crippen molar-refractivity contribution in [2.75, 3.05) is 6.54 Å². The van der Waals surface area contributed by atoms with E-state index in [0.717, 1.165) is 19.5 Å². The van der Waals surface area contributed by atoms with Crippen LogP contribution in [0, 0.1) is 5.92 Å². The lowest BCUT2D eigenvalue weighted by atomic mass is 10.0. The molecule has 1 saturated carbocycles. The number of rotatable bonds is 5. The van der Waals surface area contributed by atoms with Crippen LogP contribution in [0.1, 0.15) is 37.4 Å². The van der Waals surface area contributed by atoms with Crippen molar-refractivity contribution < 1.29 is 0 Å². The molecule has 17 heavy (non-hydrogen) atoms. The molecule has 3 nitrogen and oxygen atoms in total. The molecule has 1 aliphatic rings. The average molecular weight is 233 g/mol. The first-order chi connectivity index (χ1) is 8.35. The zero-order valence-electron chi connectivity index (χ0n) is 10.7. The molecule has 0 aromatic carbocycles. The predicted octanol–water partition coefficient (Wildman–Crippen LogP) is 1.86. The van der Waals surface area contributed by atoms with Gasteiger partial charge in [0.2, 0.25) is 0 Å². The van der Waals surface area contributed by atoms with Gasteiger partial charge < -0.3 is 11.1 Å². The Morgan fingerprint density at radius 2 is 2.35 bits per heavy atom. The zero-order chi connectivity index (χ0) is 12.1. The summed E-state index contributed by atoms with van der Waals surface area (Å²) in [6.45, 7) is 3.87. The summed E-state index contributed by atoms with van der Waals surface area (Å²) in [4.78, 5) is 4.47. The minimum absolute atomic E-state index is 0.590. The molecule has 0 saturated heterocycles. The second-order valence-electron chi connectivity index (χ2n) is 4.88. The maximum absolute atomic E-state index is 5.79. The topological polar surface area (TPSA) is 50.9 Å². The molecule has 1 heterocycles. The Hall–Kier alpha value is -0.930. The lowest BCUT2D eigenvalue weighted by Gasteiger charge is -2.19. The number of hydrogen-bond acceptors (Lipinski definition) is 3. The van der Waals surface area contributed by atoms with E-state index in [0.29, 0.717) is 12.0 Å². The summed E-state index contributed by atoms with van der Waals surface area (Å²) in [5.41, 5.74) is 8.34. The maximum atomic E-state index is 5.79. The standard InChI is InChI=1S/C14H23N3/c1-2-11-6-4-8-16-14(11)10-17-13-7-3-5-12(13)9-15/h4,6,8,12-13,17H,2-3,5,7,9-10,15H2,1H3. The van der Waals surface area contributed by atoms with Gasteiger partial charge in [-0.15, -0.1) is 0 Å². The Morgan fingerprint density at radius 1 is 1.47 bits per heavy atom. The largest absolute Gasteiger partial charge is 0.330 e. The molecule has 2 rings (SSSR count). The van der Waals surface area contributed by atoms with Crippen molar-refractivity contribution in [3.63, 3.8) is 0 Å². The van der Waals surface area contributed by atoms with E-state index in [-0.39, 0.29) is 0 Å². The molecule has 2 atom stereocenters. The van der Waals surface area contributed by atoms with Crippen LogP contribution in [-0.4, -0.2) is 17.6 Å². The summed E-state index contributed by atoms with van der Waals surface area (Å²) in [7, 11) is 0. The molecule has 1 aliphatic carbocycles. The van der Waals surface area contributed by atoms with Gasteiger partial charge in [-0.05, 0) is 43.4 Å². The van der Waals surface area contributed by atoms with E-state index < -0.39 is 0 Å². The zero-order valence-corrected chi connectivity index (χ0v) is 10.7. The number of nitrogens with one attached hydrogen (secondary N) is 1. The Bertz CT molecular complexity index is 351. The van der Waals surface area contributed by atoms with Crippen LogP contribution >= 0.6 is 0 Å². The van der Waals surface area contributed by atoms with Crippen LogP contribution in [0.15, 0.2) is 18.3 Å². The highest BCUT2D eigenvalue weighted by atomic mass is 14.9. The summed E-state index contributed by atoms with van der Waals surface area (Å²) >= 11 is 0. The van der Waals surface area contributed by atoms with Crippen LogP contribution in [0.4, 0.5) is 0 Å². The van der Waals surface area contributed by atoms with Gasteiger partial charge in [0.15, 0.2) is 0 Å². The van der Waals surface area contributed by atoms with E-state index in [1.54, 1.807) is 0 Å². The van der Waals surface area contributed by atoms with Gasteiger partial charge in [0.05, 0.1) is 5.69 Å². The fourth-order valence-corrected chi connectivity index (χ4v) is 2.77. The average Bonchev–Trinajstić information content (AvgIpc) is 2.84. The van der Waals surface area contributed by atoms with Crippen molar-refractivity contribution in [2.24, 2.45) is 11.7 Å². The predicted molar refractivity (Wildman–Crippen MR) is 70.6 cm³/mol. The number of nitrogens with two attached hydrogens (primary N) is 1. The third kappa shape index (κ3) is 3.05. The van der Waals surface area contributed by atoms with E-state index in [2.05, 4.69) is 23.3 Å². The van der Waals surface area contributed by atoms with E-state index >= 15 is 0 Å². The van der Waals surface area contributed by atoms with Crippen molar-refractivity contribution in [1.82, 2.24) is 10.3 Å². The number of aryl methyl sites for hydroxylation is 1. The molecule has 0 bridgehead atoms. The van der Waals surface area contributed by atoms with Crippen molar-refractivity contribution >= 4 is 0 Å². The molecule has 1 fully saturated rings. The number of hydrogen-bond donors (Lipinski definition) is 2. The first-order valence-corrected chi connectivity index (χ1v) is 6.71. The highest BCUT2D eigenvalue weighted by molar-refractivity contribution is 5.19. The lowest BCUT2D eigenvalue weighted by molar-refractivity contribution is 0.404. The highest BCUT2D eigenvalue weighted by Gasteiger charge is 2.25. The Labute approximate surface area is 104 Å². The van der Waals surface area contributed by atoms with Crippen LogP contribution in [0.5, 0.6) is 0 Å². The van der Waals surface area contributed by atoms with E-state index in [4.69, 9.17) is 5.73 Å². The van der Waals surface area contributed by atoms with Gasteiger partial charge in [-0.3, -0.25) is 4.98 Å². The van der Waals surface area contributed by atoms with Crippen LogP contribution in [0.25, 0.3) is 0 Å². The second kappa shape index (κ2) is 6.12. The van der Waals surface area contributed by atoms with Crippen LogP contribution in [0.2, 0.25) is 0 Å². The molecule has 0 spiro atoms. The van der Waals surface area contributed by atoms with Gasteiger partial charge >= 0.3 is 0 Å². The van der Waals surface area contributed by atoms with Crippen molar-refractivity contribution in [1.29, 1.82) is 0 Å². The quantitative estimate of drug-likeness (QED) is 0.816. The van der Waals surface area contributed by atoms with Gasteiger partial charge in [-0.1, -0.05) is 19.4 Å². The minimum atomic E-state index is 0.590. The monoisotopic (exact) mass is 233 g/mol. The molecule has 0 amide bonds. The van der Waals surface area contributed by atoms with Crippen molar-refractivity contribution in [2.45, 2.75) is 45.2 Å². The molecule has 94 valence electrons. The van der Waals surface area contributed by atoms with Crippen LogP contribution in [0.3, 0.4) is 0 Å². The Morgan fingerprint density at radius 3 is 3.12 bits per heavy atom. The summed E-state index contributed by atoms with van der Waals surface area (Å²) < 4.78 is 0. The lowest BCUT2D eigenvalue weighted by Crippen LogP contribution is -2.35. The SMILES string of the molecule is CCc1cccnc1CNC1CCCC1CN. The van der Waals surface area contributed by atoms with Gasteiger partial charge in [0.25, 0.3) is 0 Å². The molecule has 2 unspecified atom stereocenters. The van der Waals surface area contributed by atoms with Gasteiger partial charge in [-0.25, -0.2) is 0 Å². The third-order valence-corrected chi connectivity index (χ3v) is 3.86. The fourth-order valence-electron chi connectivity index (χ4n) is 2.77. The molecule has 0 radical (unpaired) electrons. The summed E-state index contributed by atoms with van der Waals surface area (Å²) in [5.74, 6) is 0.656. The van der Waals surface area contributed by atoms with Crippen LogP contribution in [-0.2, 0) is 13.0 Å². The number of pyridine rings is 1. The molecule has 3 N–H and O–H groups in total. The first-order valence-electron chi connectivity index (χ1n) is 6.71. The molecule has 1 aromatic rings. The summed E-state index contributed by atoms with van der Waals surface area (Å²) in [5, 5.41) is 3.63. The van der Waals surface area contributed by atoms with E-state index in [1.807, 2.05) is 12.3 Å². The second-order valence-corrected chi connectivity index (χ2v) is 4.88. The smallest absolute Gasteiger partial charge is 0.0573 e. The minimum Gasteiger partial charge on any atom is -0.330 e. The summed E-state index contributed by atoms with van der Waals surface area (Å²) in [6, 6.07) is 4.77. The first kappa shape index (κ1) is 12.5. The molecular formula is C14H23N3. The Kier molecular flexibility index (Phi) is 4.51. The van der Waals surface area contributed by atoms with Crippen molar-refractivity contribution in [3.05, 3.63) is 29.6 Å². The number of nitrogens with zero attached hydrogens (tertiary/aromatic N) is 1. The van der Waals surface area contributed by atoms with Crippen molar-refractivity contribution in [3.8, 4) is 0 Å². The van der Waals surface area contributed by atoms with Crippen LogP contribution < -0.4 is 11.1 Å². The fraction of sp³-hybridized carbons (Fsp3) is 0.643. The number of aromatic nitrogens is 1. The van der Waals surface area contributed by atoms with E-state index in [1.165, 1.54) is 30.5 Å². The van der Waals surface area contributed by atoms with Gasteiger partial charge in [0, 0.05) is 18.8 Å². The molecule has 0 aliphatic heterocycles. The summed E-state index contributed by atoms with van der Waals surface area (Å²) in [6.07, 6.45) is 6.77. The third-order valence-electron chi connectivity index (χ3n) is 3.86. The molecule has 1 aromatic heterocycles. The van der Waals surface area contributed by atoms with Gasteiger partial charge in [-0.2, -0.15) is 0 Å². The van der Waals surface area contributed by atoms with E-state index in [9.17, 15) is 0 Å². The maximum Gasteiger partial charge on any atom is 0.0573 e. The molecule has 3 heteroatoms. The highest BCUT2D eigenvalue weighted by Crippen LogP contribution is 2.24. The Balaban J connectivity index is 1.93.